The third-order valence-electron chi connectivity index (χ3n) is 7.10. The molecule has 0 bridgehead atoms. The van der Waals surface area contributed by atoms with E-state index in [1.807, 2.05) is 0 Å². The lowest BCUT2D eigenvalue weighted by Gasteiger charge is -2.32. The number of hydrogen-bond acceptors (Lipinski definition) is 8. The minimum absolute atomic E-state index is 0.208. The molecule has 3 heterocycles. The average molecular weight is 517 g/mol. The maximum absolute atomic E-state index is 13.3. The second-order valence-electron chi connectivity index (χ2n) is 9.34. The number of alkyl halides is 3. The van der Waals surface area contributed by atoms with E-state index in [4.69, 9.17) is 8.42 Å². The number of benzene rings is 1. The molecule has 2 aromatic rings. The van der Waals surface area contributed by atoms with Gasteiger partial charge in [-0.1, -0.05) is 6.07 Å². The van der Waals surface area contributed by atoms with E-state index in [1.54, 1.807) is 6.07 Å². The van der Waals surface area contributed by atoms with Gasteiger partial charge in [-0.05, 0) is 66.1 Å². The summed E-state index contributed by atoms with van der Waals surface area (Å²) in [5, 5.41) is 25.0. The van der Waals surface area contributed by atoms with Crippen molar-refractivity contribution in [3.63, 3.8) is 0 Å². The van der Waals surface area contributed by atoms with Crippen molar-refractivity contribution in [2.75, 3.05) is 26.2 Å². The maximum Gasteiger partial charge on any atom is 0.416 e. The normalized spacial score (nSPS) is 27.3. The molecule has 35 heavy (non-hydrogen) atoms. The highest BCUT2D eigenvalue weighted by Gasteiger charge is 2.36. The minimum Gasteiger partial charge on any atom is -0.314 e. The van der Waals surface area contributed by atoms with E-state index in [2.05, 4.69) is 41.3 Å². The van der Waals surface area contributed by atoms with Crippen molar-refractivity contribution in [1.29, 1.82) is 0 Å². The van der Waals surface area contributed by atoms with Crippen molar-refractivity contribution in [1.82, 2.24) is 36.2 Å². The van der Waals surface area contributed by atoms with Gasteiger partial charge in [0.25, 0.3) is 0 Å². The molecule has 3 fully saturated rings. The van der Waals surface area contributed by atoms with Crippen molar-refractivity contribution < 1.29 is 21.6 Å². The summed E-state index contributed by atoms with van der Waals surface area (Å²) >= 11 is 0. The first-order valence-electron chi connectivity index (χ1n) is 11.8. The van der Waals surface area contributed by atoms with Gasteiger partial charge in [0.05, 0.1) is 5.56 Å². The molecule has 2 aliphatic heterocycles. The first-order chi connectivity index (χ1) is 16.7. The quantitative estimate of drug-likeness (QED) is 0.379. The highest BCUT2D eigenvalue weighted by molar-refractivity contribution is 7.69. The summed E-state index contributed by atoms with van der Waals surface area (Å²) in [6.07, 6.45) is 0.733. The van der Waals surface area contributed by atoms with Crippen LogP contribution in [0.25, 0.3) is 11.4 Å². The highest BCUT2D eigenvalue weighted by Crippen LogP contribution is 2.40. The van der Waals surface area contributed by atoms with Crippen LogP contribution in [0.3, 0.4) is 0 Å². The summed E-state index contributed by atoms with van der Waals surface area (Å²) in [6.45, 7) is 4.40. The molecule has 1 saturated carbocycles. The zero-order valence-electron chi connectivity index (χ0n) is 19.2. The number of H-pyrrole nitrogens is 1. The Balaban J connectivity index is 0.000000672. The fraction of sp³-hybridized carbons (Fsp3) is 0.667. The van der Waals surface area contributed by atoms with E-state index in [9.17, 15) is 13.2 Å². The van der Waals surface area contributed by atoms with E-state index in [0.717, 1.165) is 57.4 Å². The van der Waals surface area contributed by atoms with E-state index >= 15 is 0 Å². The lowest BCUT2D eigenvalue weighted by molar-refractivity contribution is -0.137. The Morgan fingerprint density at radius 2 is 1.89 bits per heavy atom. The van der Waals surface area contributed by atoms with Crippen LogP contribution in [0, 0.1) is 0 Å². The van der Waals surface area contributed by atoms with Gasteiger partial charge < -0.3 is 10.6 Å². The molecule has 1 aromatic carbocycles. The molecule has 10 nitrogen and oxygen atoms in total. The number of piperazine rings is 1. The summed E-state index contributed by atoms with van der Waals surface area (Å²) < 4.78 is 57.4. The van der Waals surface area contributed by atoms with Crippen LogP contribution in [-0.2, 0) is 17.1 Å². The summed E-state index contributed by atoms with van der Waals surface area (Å²) in [6, 6.07) is 5.61. The molecule has 194 valence electrons. The molecule has 1 aromatic heterocycles. The Morgan fingerprint density at radius 1 is 1.14 bits per heavy atom. The molecule has 2 atom stereocenters. The van der Waals surface area contributed by atoms with Crippen molar-refractivity contribution in [2.45, 2.75) is 62.3 Å². The summed E-state index contributed by atoms with van der Waals surface area (Å²) in [7, 11) is -2.62. The number of nitrogens with zero attached hydrogens (tertiary/aromatic N) is 4. The van der Waals surface area contributed by atoms with E-state index < -0.39 is 22.6 Å². The molecule has 0 radical (unpaired) electrons. The summed E-state index contributed by atoms with van der Waals surface area (Å²) in [5.41, 5.74) is 0.677. The van der Waals surface area contributed by atoms with E-state index in [0.29, 0.717) is 23.7 Å². The summed E-state index contributed by atoms with van der Waals surface area (Å²) in [5.74, 6) is 0.497. The Kier molecular flexibility index (Phi) is 8.37. The summed E-state index contributed by atoms with van der Waals surface area (Å²) in [4.78, 5) is 2.58. The topological polar surface area (TPSA) is 142 Å². The van der Waals surface area contributed by atoms with E-state index in [1.165, 1.54) is 18.6 Å². The van der Waals surface area contributed by atoms with Gasteiger partial charge in [0.2, 0.25) is 0 Å². The fourth-order valence-electron chi connectivity index (χ4n) is 5.55. The van der Waals surface area contributed by atoms with Crippen molar-refractivity contribution in [3.8, 4) is 11.4 Å². The molecule has 3 aliphatic rings. The third kappa shape index (κ3) is 6.76. The predicted molar refractivity (Wildman–Crippen MR) is 124 cm³/mol. The first-order valence-corrected chi connectivity index (χ1v) is 13.0. The van der Waals surface area contributed by atoms with Crippen molar-refractivity contribution in [2.24, 2.45) is 5.14 Å². The SMILES string of the molecule is FC(F)(F)c1ccc(C2CCC(NC3CC4CNCCN4C3)CC2)c(-c2nnn[nH]2)c1.N[SH](=O)=O. The number of nitrogens with two attached hydrogens (primary N) is 1. The van der Waals surface area contributed by atoms with Gasteiger partial charge in [0, 0.05) is 49.9 Å². The predicted octanol–water partition coefficient (Wildman–Crippen LogP) is 1.02. The molecule has 0 amide bonds. The van der Waals surface area contributed by atoms with Crippen LogP contribution in [0.2, 0.25) is 0 Å². The molecule has 1 aliphatic carbocycles. The number of thiol groups is 1. The third-order valence-corrected chi connectivity index (χ3v) is 7.10. The van der Waals surface area contributed by atoms with Crippen LogP contribution in [0.5, 0.6) is 0 Å². The molecule has 5 N–H and O–H groups in total. The fourth-order valence-corrected chi connectivity index (χ4v) is 5.55. The zero-order chi connectivity index (χ0) is 25.0. The molecule has 0 spiro atoms. The molecule has 14 heteroatoms. The number of aromatic amines is 1. The maximum atomic E-state index is 13.3. The van der Waals surface area contributed by atoms with Crippen LogP contribution < -0.4 is 15.8 Å². The lowest BCUT2D eigenvalue weighted by atomic mass is 9.79. The Morgan fingerprint density at radius 3 is 2.51 bits per heavy atom. The van der Waals surface area contributed by atoms with Gasteiger partial charge in [-0.2, -0.15) is 13.2 Å². The number of rotatable bonds is 4. The van der Waals surface area contributed by atoms with Crippen LogP contribution in [-0.4, -0.2) is 78.2 Å². The van der Waals surface area contributed by atoms with Crippen LogP contribution >= 0.6 is 0 Å². The first kappa shape index (κ1) is 25.9. The van der Waals surface area contributed by atoms with Crippen LogP contribution in [0.4, 0.5) is 13.2 Å². The number of tetrazole rings is 1. The van der Waals surface area contributed by atoms with Gasteiger partial charge in [-0.15, -0.1) is 5.10 Å². The van der Waals surface area contributed by atoms with Crippen molar-refractivity contribution >= 4 is 10.9 Å². The minimum atomic E-state index is -4.40. The Labute approximate surface area is 203 Å². The monoisotopic (exact) mass is 516 g/mol. The van der Waals surface area contributed by atoms with Gasteiger partial charge in [-0.25, -0.2) is 18.7 Å². The van der Waals surface area contributed by atoms with Gasteiger partial charge in [0.15, 0.2) is 16.7 Å². The Hall–Kier alpha value is -2.13. The standard InChI is InChI=1S/C21H28F3N7.H3NO2S/c22-21(23,24)14-3-6-18(19(9-14)20-27-29-30-28-20)13-1-4-15(5-2-13)26-16-10-17-11-25-7-8-31(17)12-16;1-4(2)3/h3,6,9,13,15-17,25-26H,1-2,4-5,7-8,10-12H2,(H,27,28,29,30);4H,(H2,1,2,3). The van der Waals surface area contributed by atoms with Gasteiger partial charge in [0.1, 0.15) is 0 Å². The lowest BCUT2D eigenvalue weighted by Crippen LogP contribution is -2.47. The second kappa shape index (κ2) is 11.3. The number of aromatic nitrogens is 4. The molecule has 2 unspecified atom stereocenters. The smallest absolute Gasteiger partial charge is 0.314 e. The highest BCUT2D eigenvalue weighted by atomic mass is 32.2. The molecule has 5 rings (SSSR count). The molecule has 2 saturated heterocycles. The number of halogens is 3. The second-order valence-corrected chi connectivity index (χ2v) is 9.91. The largest absolute Gasteiger partial charge is 0.416 e. The molecular weight excluding hydrogens is 485 g/mol. The van der Waals surface area contributed by atoms with Crippen LogP contribution in [0.15, 0.2) is 18.2 Å². The van der Waals surface area contributed by atoms with Crippen molar-refractivity contribution in [3.05, 3.63) is 29.3 Å². The van der Waals surface area contributed by atoms with Gasteiger partial charge >= 0.3 is 6.18 Å². The number of hydrogen-bond donors (Lipinski definition) is 5. The number of fused-ring (bicyclic) bond motifs is 1. The zero-order valence-corrected chi connectivity index (χ0v) is 20.1. The molecular formula is C21H31F3N8O2S. The number of nitrogens with one attached hydrogen (secondary N) is 3. The van der Waals surface area contributed by atoms with Gasteiger partial charge in [-0.3, -0.25) is 4.90 Å². The average Bonchev–Trinajstić information content (AvgIpc) is 3.48. The van der Waals surface area contributed by atoms with Crippen LogP contribution in [0.1, 0.15) is 49.1 Å². The Bertz CT molecular complexity index is 1020. The van der Waals surface area contributed by atoms with E-state index in [-0.39, 0.29) is 11.7 Å².